The molecule has 1 aromatic carbocycles. The fourth-order valence-corrected chi connectivity index (χ4v) is 2.35. The number of nitrogens with zero attached hydrogens (tertiary/aromatic N) is 1. The fourth-order valence-electron chi connectivity index (χ4n) is 1.91. The second-order valence-corrected chi connectivity index (χ2v) is 4.83. The number of hydrogen-bond acceptors (Lipinski definition) is 2. The average molecular weight is 278 g/mol. The maximum Gasteiger partial charge on any atom is 0.129 e. The lowest BCUT2D eigenvalue weighted by atomic mass is 10.1. The van der Waals surface area contributed by atoms with E-state index in [0.717, 1.165) is 6.54 Å². The van der Waals surface area contributed by atoms with Crippen LogP contribution in [0, 0.1) is 5.82 Å². The summed E-state index contributed by atoms with van der Waals surface area (Å²) in [5.41, 5.74) is 0.645. The Labute approximate surface area is 110 Å². The van der Waals surface area contributed by atoms with Gasteiger partial charge < -0.3 is 4.74 Å². The van der Waals surface area contributed by atoms with Crippen molar-refractivity contribution >= 4 is 23.2 Å². The molecule has 0 N–H and O–H groups in total. The second kappa shape index (κ2) is 6.01. The number of morpholine rings is 1. The maximum atomic E-state index is 13.7. The van der Waals surface area contributed by atoms with E-state index in [-0.39, 0.29) is 11.9 Å². The van der Waals surface area contributed by atoms with Crippen LogP contribution in [-0.2, 0) is 11.3 Å². The van der Waals surface area contributed by atoms with E-state index >= 15 is 0 Å². The van der Waals surface area contributed by atoms with Crippen molar-refractivity contribution in [2.24, 2.45) is 0 Å². The summed E-state index contributed by atoms with van der Waals surface area (Å²) in [6, 6.07) is 4.92. The van der Waals surface area contributed by atoms with Gasteiger partial charge in [-0.1, -0.05) is 17.7 Å². The van der Waals surface area contributed by atoms with E-state index < -0.39 is 0 Å². The largest absolute Gasteiger partial charge is 0.378 e. The summed E-state index contributed by atoms with van der Waals surface area (Å²) in [7, 11) is 0. The van der Waals surface area contributed by atoms with Gasteiger partial charge in [-0.2, -0.15) is 0 Å². The van der Waals surface area contributed by atoms with Crippen molar-refractivity contribution in [1.29, 1.82) is 0 Å². The Kier molecular flexibility index (Phi) is 4.62. The topological polar surface area (TPSA) is 12.5 Å². The van der Waals surface area contributed by atoms with E-state index in [1.807, 2.05) is 0 Å². The number of halogens is 3. The summed E-state index contributed by atoms with van der Waals surface area (Å²) in [5, 5.41) is 0.419. The van der Waals surface area contributed by atoms with Crippen molar-refractivity contribution in [3.63, 3.8) is 0 Å². The molecule has 1 heterocycles. The predicted octanol–water partition coefficient (Wildman–Crippen LogP) is 2.92. The van der Waals surface area contributed by atoms with Gasteiger partial charge in [0, 0.05) is 35.6 Å². The lowest BCUT2D eigenvalue weighted by Crippen LogP contribution is -2.46. The fraction of sp³-hybridized carbons (Fsp3) is 0.500. The molecule has 0 aliphatic carbocycles. The molecule has 1 aromatic rings. The van der Waals surface area contributed by atoms with Crippen molar-refractivity contribution in [3.05, 3.63) is 34.6 Å². The van der Waals surface area contributed by atoms with Gasteiger partial charge in [0.1, 0.15) is 5.82 Å². The zero-order valence-electron chi connectivity index (χ0n) is 9.33. The van der Waals surface area contributed by atoms with Gasteiger partial charge in [0.2, 0.25) is 0 Å². The molecule has 1 fully saturated rings. The highest BCUT2D eigenvalue weighted by Crippen LogP contribution is 2.19. The summed E-state index contributed by atoms with van der Waals surface area (Å²) in [4.78, 5) is 2.14. The first kappa shape index (κ1) is 13.1. The highest BCUT2D eigenvalue weighted by Gasteiger charge is 2.22. The minimum atomic E-state index is -0.266. The monoisotopic (exact) mass is 277 g/mol. The van der Waals surface area contributed by atoms with Crippen molar-refractivity contribution < 1.29 is 9.13 Å². The van der Waals surface area contributed by atoms with Crippen LogP contribution in [0.25, 0.3) is 0 Å². The van der Waals surface area contributed by atoms with Crippen molar-refractivity contribution in [3.8, 4) is 0 Å². The van der Waals surface area contributed by atoms with Gasteiger partial charge in [0.25, 0.3) is 0 Å². The maximum absolute atomic E-state index is 13.7. The first-order valence-corrected chi connectivity index (χ1v) is 6.43. The van der Waals surface area contributed by atoms with Crippen LogP contribution < -0.4 is 0 Å². The number of rotatable bonds is 3. The van der Waals surface area contributed by atoms with E-state index in [2.05, 4.69) is 4.90 Å². The van der Waals surface area contributed by atoms with Crippen LogP contribution in [0.5, 0.6) is 0 Å². The molecule has 0 spiro atoms. The van der Waals surface area contributed by atoms with Crippen LogP contribution in [0.15, 0.2) is 18.2 Å². The molecule has 0 aromatic heterocycles. The normalized spacial score (nSPS) is 21.7. The first-order valence-electron chi connectivity index (χ1n) is 5.52. The molecule has 17 heavy (non-hydrogen) atoms. The van der Waals surface area contributed by atoms with E-state index in [1.54, 1.807) is 12.1 Å². The second-order valence-electron chi connectivity index (χ2n) is 4.09. The summed E-state index contributed by atoms with van der Waals surface area (Å²) >= 11 is 11.6. The average Bonchev–Trinajstić information content (AvgIpc) is 2.33. The van der Waals surface area contributed by atoms with Gasteiger partial charge in [0.05, 0.1) is 13.2 Å². The summed E-state index contributed by atoms with van der Waals surface area (Å²) in [5.74, 6) is 0.229. The standard InChI is InChI=1S/C12H14Cl2FNO/c13-6-11-8-17-4-3-16(11)7-9-1-2-10(14)5-12(9)15/h1-2,5,11H,3-4,6-8H2. The third-order valence-corrected chi connectivity index (χ3v) is 3.51. The molecule has 1 aliphatic rings. The van der Waals surface area contributed by atoms with Crippen molar-refractivity contribution in [2.75, 3.05) is 25.6 Å². The molecule has 1 unspecified atom stereocenters. The number of alkyl halides is 1. The molecule has 1 atom stereocenters. The molecule has 0 bridgehead atoms. The Hall–Kier alpha value is -0.350. The zero-order chi connectivity index (χ0) is 12.3. The molecule has 1 aliphatic heterocycles. The van der Waals surface area contributed by atoms with E-state index in [1.165, 1.54) is 6.07 Å². The van der Waals surface area contributed by atoms with Gasteiger partial charge in [-0.25, -0.2) is 4.39 Å². The van der Waals surface area contributed by atoms with Crippen LogP contribution in [-0.4, -0.2) is 36.6 Å². The molecular weight excluding hydrogens is 264 g/mol. The molecule has 5 heteroatoms. The van der Waals surface area contributed by atoms with Crippen LogP contribution in [0.4, 0.5) is 4.39 Å². The van der Waals surface area contributed by atoms with Crippen LogP contribution >= 0.6 is 23.2 Å². The molecular formula is C12H14Cl2FNO. The summed E-state index contributed by atoms with van der Waals surface area (Å²) in [6.45, 7) is 2.60. The lowest BCUT2D eigenvalue weighted by molar-refractivity contribution is -0.00347. The van der Waals surface area contributed by atoms with E-state index in [9.17, 15) is 4.39 Å². The Morgan fingerprint density at radius 1 is 1.47 bits per heavy atom. The molecule has 0 amide bonds. The predicted molar refractivity (Wildman–Crippen MR) is 67.1 cm³/mol. The lowest BCUT2D eigenvalue weighted by Gasteiger charge is -2.34. The first-order chi connectivity index (χ1) is 8.20. The number of benzene rings is 1. The summed E-state index contributed by atoms with van der Waals surface area (Å²) < 4.78 is 19.0. The minimum Gasteiger partial charge on any atom is -0.378 e. The van der Waals surface area contributed by atoms with Crippen LogP contribution in [0.3, 0.4) is 0 Å². The van der Waals surface area contributed by atoms with Gasteiger partial charge in [-0.3, -0.25) is 4.90 Å². The number of hydrogen-bond donors (Lipinski definition) is 0. The molecule has 2 nitrogen and oxygen atoms in total. The third-order valence-electron chi connectivity index (χ3n) is 2.92. The molecule has 0 radical (unpaired) electrons. The molecule has 1 saturated heterocycles. The SMILES string of the molecule is Fc1cc(Cl)ccc1CN1CCOCC1CCl. The van der Waals surface area contributed by atoms with Gasteiger partial charge in [0.15, 0.2) is 0 Å². The Morgan fingerprint density at radius 2 is 2.29 bits per heavy atom. The van der Waals surface area contributed by atoms with Gasteiger partial charge in [-0.15, -0.1) is 11.6 Å². The smallest absolute Gasteiger partial charge is 0.129 e. The molecule has 0 saturated carbocycles. The van der Waals surface area contributed by atoms with Crippen molar-refractivity contribution in [2.45, 2.75) is 12.6 Å². The van der Waals surface area contributed by atoms with Gasteiger partial charge >= 0.3 is 0 Å². The minimum absolute atomic E-state index is 0.153. The Bertz CT molecular complexity index is 389. The van der Waals surface area contributed by atoms with Gasteiger partial charge in [-0.05, 0) is 12.1 Å². The Morgan fingerprint density at radius 3 is 3.00 bits per heavy atom. The van der Waals surface area contributed by atoms with Crippen LogP contribution in [0.2, 0.25) is 5.02 Å². The quantitative estimate of drug-likeness (QED) is 0.788. The highest BCUT2D eigenvalue weighted by molar-refractivity contribution is 6.30. The molecule has 2 rings (SSSR count). The zero-order valence-corrected chi connectivity index (χ0v) is 10.8. The third kappa shape index (κ3) is 3.32. The highest BCUT2D eigenvalue weighted by atomic mass is 35.5. The van der Waals surface area contributed by atoms with E-state index in [0.29, 0.717) is 36.2 Å². The Balaban J connectivity index is 2.08. The van der Waals surface area contributed by atoms with Crippen LogP contribution in [0.1, 0.15) is 5.56 Å². The molecule has 94 valence electrons. The van der Waals surface area contributed by atoms with Crippen molar-refractivity contribution in [1.82, 2.24) is 4.90 Å². The summed E-state index contributed by atoms with van der Waals surface area (Å²) in [6.07, 6.45) is 0. The number of ether oxygens (including phenoxy) is 1. The van der Waals surface area contributed by atoms with E-state index in [4.69, 9.17) is 27.9 Å².